The van der Waals surface area contributed by atoms with Crippen molar-refractivity contribution < 1.29 is 14.2 Å². The predicted octanol–water partition coefficient (Wildman–Crippen LogP) is 4.02. The van der Waals surface area contributed by atoms with Crippen molar-refractivity contribution in [3.8, 4) is 5.75 Å². The fourth-order valence-electron chi connectivity index (χ4n) is 2.01. The van der Waals surface area contributed by atoms with Gasteiger partial charge in [-0.05, 0) is 36.6 Å². The number of hydrogen-bond acceptors (Lipinski definition) is 2. The summed E-state index contributed by atoms with van der Waals surface area (Å²) in [5.41, 5.74) is 2.88. The van der Waals surface area contributed by atoms with Crippen LogP contribution in [-0.2, 0) is 13.0 Å². The molecule has 0 radical (unpaired) electrons. The van der Waals surface area contributed by atoms with Crippen LogP contribution in [0.15, 0.2) is 42.5 Å². The van der Waals surface area contributed by atoms with Crippen LogP contribution in [0.2, 0.25) is 0 Å². The van der Waals surface area contributed by atoms with Gasteiger partial charge in [0.2, 0.25) is 0 Å². The number of ether oxygens (including phenoxy) is 1. The lowest BCUT2D eigenvalue weighted by molar-refractivity contribution is 0.190. The Morgan fingerprint density at radius 1 is 1.10 bits per heavy atom. The lowest BCUT2D eigenvalue weighted by atomic mass is 10.1. The van der Waals surface area contributed by atoms with E-state index >= 15 is 0 Å². The molecule has 20 heavy (non-hydrogen) atoms. The molecule has 106 valence electrons. The third kappa shape index (κ3) is 3.58. The van der Waals surface area contributed by atoms with Crippen LogP contribution < -0.4 is 4.74 Å². The SMILES string of the molecule is CCc1ccc(COc2cc(F)ccc2[C@@H](C)O)cc1. The number of halogens is 1. The van der Waals surface area contributed by atoms with E-state index in [-0.39, 0.29) is 5.82 Å². The molecule has 0 unspecified atom stereocenters. The average molecular weight is 274 g/mol. The fraction of sp³-hybridized carbons (Fsp3) is 0.294. The third-order valence-electron chi connectivity index (χ3n) is 3.25. The maximum atomic E-state index is 13.3. The molecule has 0 aliphatic carbocycles. The first-order valence-electron chi connectivity index (χ1n) is 6.78. The highest BCUT2D eigenvalue weighted by Gasteiger charge is 2.10. The summed E-state index contributed by atoms with van der Waals surface area (Å²) in [4.78, 5) is 0. The van der Waals surface area contributed by atoms with Gasteiger partial charge in [-0.15, -0.1) is 0 Å². The highest BCUT2D eigenvalue weighted by Crippen LogP contribution is 2.26. The van der Waals surface area contributed by atoms with Gasteiger partial charge in [-0.25, -0.2) is 4.39 Å². The van der Waals surface area contributed by atoms with E-state index in [2.05, 4.69) is 19.1 Å². The molecule has 1 atom stereocenters. The van der Waals surface area contributed by atoms with Crippen molar-refractivity contribution in [2.75, 3.05) is 0 Å². The molecule has 0 saturated carbocycles. The van der Waals surface area contributed by atoms with E-state index in [0.29, 0.717) is 17.9 Å². The van der Waals surface area contributed by atoms with Crippen LogP contribution in [0.25, 0.3) is 0 Å². The summed E-state index contributed by atoms with van der Waals surface area (Å²) < 4.78 is 18.9. The molecule has 0 bridgehead atoms. The standard InChI is InChI=1S/C17H19FO2/c1-3-13-4-6-14(7-5-13)11-20-17-10-15(18)8-9-16(17)12(2)19/h4-10,12,19H,3,11H2,1-2H3/t12-/m1/s1. The summed E-state index contributed by atoms with van der Waals surface area (Å²) in [5, 5.41) is 9.66. The van der Waals surface area contributed by atoms with E-state index < -0.39 is 6.10 Å². The maximum Gasteiger partial charge on any atom is 0.128 e. The number of benzene rings is 2. The Labute approximate surface area is 118 Å². The molecule has 0 heterocycles. The Morgan fingerprint density at radius 2 is 1.75 bits per heavy atom. The number of hydrogen-bond donors (Lipinski definition) is 1. The Bertz CT molecular complexity index is 562. The lowest BCUT2D eigenvalue weighted by Gasteiger charge is -2.13. The number of aryl methyl sites for hydroxylation is 1. The minimum absolute atomic E-state index is 0.354. The van der Waals surface area contributed by atoms with Gasteiger partial charge in [-0.2, -0.15) is 0 Å². The molecule has 0 fully saturated rings. The van der Waals surface area contributed by atoms with E-state index in [9.17, 15) is 9.50 Å². The molecule has 0 aliphatic rings. The maximum absolute atomic E-state index is 13.3. The third-order valence-corrected chi connectivity index (χ3v) is 3.25. The van der Waals surface area contributed by atoms with E-state index in [1.807, 2.05) is 12.1 Å². The number of aliphatic hydroxyl groups is 1. The highest BCUT2D eigenvalue weighted by atomic mass is 19.1. The lowest BCUT2D eigenvalue weighted by Crippen LogP contribution is -2.01. The molecular weight excluding hydrogens is 255 g/mol. The summed E-state index contributed by atoms with van der Waals surface area (Å²) >= 11 is 0. The van der Waals surface area contributed by atoms with Gasteiger partial charge in [0, 0.05) is 11.6 Å². The normalized spacial score (nSPS) is 12.2. The van der Waals surface area contributed by atoms with Crippen molar-refractivity contribution in [2.24, 2.45) is 0 Å². The fourth-order valence-corrected chi connectivity index (χ4v) is 2.01. The van der Waals surface area contributed by atoms with E-state index in [4.69, 9.17) is 4.74 Å². The van der Waals surface area contributed by atoms with Crippen LogP contribution in [0.1, 0.15) is 36.6 Å². The molecule has 1 N–H and O–H groups in total. The highest BCUT2D eigenvalue weighted by molar-refractivity contribution is 5.36. The van der Waals surface area contributed by atoms with Gasteiger partial charge in [0.25, 0.3) is 0 Å². The van der Waals surface area contributed by atoms with Crippen LogP contribution in [0.3, 0.4) is 0 Å². The van der Waals surface area contributed by atoms with Gasteiger partial charge in [0.05, 0.1) is 6.10 Å². The minimum atomic E-state index is -0.687. The van der Waals surface area contributed by atoms with Crippen LogP contribution in [0.5, 0.6) is 5.75 Å². The van der Waals surface area contributed by atoms with Gasteiger partial charge in [-0.1, -0.05) is 31.2 Å². The van der Waals surface area contributed by atoms with Crippen LogP contribution in [0.4, 0.5) is 4.39 Å². The number of aliphatic hydroxyl groups excluding tert-OH is 1. The van der Waals surface area contributed by atoms with Gasteiger partial charge in [0.15, 0.2) is 0 Å². The van der Waals surface area contributed by atoms with Crippen molar-refractivity contribution >= 4 is 0 Å². The predicted molar refractivity (Wildman–Crippen MR) is 77.2 cm³/mol. The zero-order chi connectivity index (χ0) is 14.5. The smallest absolute Gasteiger partial charge is 0.128 e. The topological polar surface area (TPSA) is 29.5 Å². The van der Waals surface area contributed by atoms with Crippen LogP contribution in [0, 0.1) is 5.82 Å². The number of rotatable bonds is 5. The quantitative estimate of drug-likeness (QED) is 0.892. The molecule has 0 amide bonds. The van der Waals surface area contributed by atoms with Crippen molar-refractivity contribution in [1.82, 2.24) is 0 Å². The largest absolute Gasteiger partial charge is 0.488 e. The molecule has 3 heteroatoms. The zero-order valence-corrected chi connectivity index (χ0v) is 11.8. The Morgan fingerprint density at radius 3 is 2.35 bits per heavy atom. The first kappa shape index (κ1) is 14.5. The second-order valence-corrected chi connectivity index (χ2v) is 4.82. The molecule has 2 nitrogen and oxygen atoms in total. The first-order chi connectivity index (χ1) is 9.60. The van der Waals surface area contributed by atoms with Crippen molar-refractivity contribution in [1.29, 1.82) is 0 Å². The second-order valence-electron chi connectivity index (χ2n) is 4.82. The molecule has 0 saturated heterocycles. The van der Waals surface area contributed by atoms with Gasteiger partial charge >= 0.3 is 0 Å². The summed E-state index contributed by atoms with van der Waals surface area (Å²) in [6.07, 6.45) is 0.310. The van der Waals surface area contributed by atoms with E-state index in [1.54, 1.807) is 13.0 Å². The van der Waals surface area contributed by atoms with E-state index in [0.717, 1.165) is 12.0 Å². The summed E-state index contributed by atoms with van der Waals surface area (Å²) in [5.74, 6) is 0.0188. The Kier molecular flexibility index (Phi) is 4.74. The molecule has 0 spiro atoms. The summed E-state index contributed by atoms with van der Waals surface area (Å²) in [6, 6.07) is 12.3. The molecule has 2 rings (SSSR count). The Balaban J connectivity index is 2.11. The first-order valence-corrected chi connectivity index (χ1v) is 6.78. The summed E-state index contributed by atoms with van der Waals surface area (Å²) in [6.45, 7) is 4.09. The molecular formula is C17H19FO2. The second kappa shape index (κ2) is 6.53. The van der Waals surface area contributed by atoms with Crippen molar-refractivity contribution in [3.05, 3.63) is 65.0 Å². The average Bonchev–Trinajstić information content (AvgIpc) is 2.45. The van der Waals surface area contributed by atoms with Gasteiger partial charge in [-0.3, -0.25) is 0 Å². The molecule has 0 aliphatic heterocycles. The molecule has 0 aromatic heterocycles. The van der Waals surface area contributed by atoms with Crippen molar-refractivity contribution in [3.63, 3.8) is 0 Å². The summed E-state index contributed by atoms with van der Waals surface area (Å²) in [7, 11) is 0. The van der Waals surface area contributed by atoms with Gasteiger partial charge < -0.3 is 9.84 Å². The van der Waals surface area contributed by atoms with Crippen LogP contribution >= 0.6 is 0 Å². The van der Waals surface area contributed by atoms with Gasteiger partial charge in [0.1, 0.15) is 18.2 Å². The minimum Gasteiger partial charge on any atom is -0.488 e. The zero-order valence-electron chi connectivity index (χ0n) is 11.8. The van der Waals surface area contributed by atoms with Crippen LogP contribution in [-0.4, -0.2) is 5.11 Å². The van der Waals surface area contributed by atoms with E-state index in [1.165, 1.54) is 17.7 Å². The van der Waals surface area contributed by atoms with Crippen molar-refractivity contribution in [2.45, 2.75) is 33.0 Å². The Hall–Kier alpha value is -1.87. The monoisotopic (exact) mass is 274 g/mol. The molecule has 2 aromatic rings. The molecule has 2 aromatic carbocycles.